The summed E-state index contributed by atoms with van der Waals surface area (Å²) in [6, 6.07) is 6.02. The molecule has 0 spiro atoms. The van der Waals surface area contributed by atoms with Gasteiger partial charge in [0.15, 0.2) is 0 Å². The maximum atomic E-state index is 8.82. The Morgan fingerprint density at radius 3 is 2.50 bits per heavy atom. The third-order valence-electron chi connectivity index (χ3n) is 1.64. The fraction of sp³-hybridized carbons (Fsp3) is 0.333. The van der Waals surface area contributed by atoms with Gasteiger partial charge in [-0.1, -0.05) is 12.1 Å². The average Bonchev–Trinajstić information content (AvgIpc) is 2.04. The number of thioether (sulfide) groups is 1. The van der Waals surface area contributed by atoms with Crippen molar-refractivity contribution in [2.75, 3.05) is 6.26 Å². The first-order chi connectivity index (χ1) is 5.27. The van der Waals surface area contributed by atoms with Crippen LogP contribution >= 0.6 is 11.8 Å². The van der Waals surface area contributed by atoms with Crippen molar-refractivity contribution >= 4 is 41.3 Å². The second-order valence-electron chi connectivity index (χ2n) is 2.46. The van der Waals surface area contributed by atoms with Gasteiger partial charge in [-0.3, -0.25) is 0 Å². The first-order valence-corrected chi connectivity index (χ1v) is 4.74. The average molecular weight is 191 g/mol. The van der Waals surface area contributed by atoms with Crippen molar-refractivity contribution in [2.45, 2.75) is 18.4 Å². The molecule has 0 bridgehead atoms. The zero-order chi connectivity index (χ0) is 8.27. The number of hydrogen-bond donors (Lipinski definition) is 1. The van der Waals surface area contributed by atoms with E-state index in [1.807, 2.05) is 18.2 Å². The predicted octanol–water partition coefficient (Wildman–Crippen LogP) is 1.83. The summed E-state index contributed by atoms with van der Waals surface area (Å²) in [5.74, 6) is 0. The molecule has 0 aliphatic heterocycles. The van der Waals surface area contributed by atoms with E-state index in [0.29, 0.717) is 0 Å². The van der Waals surface area contributed by atoms with Crippen molar-refractivity contribution in [3.63, 3.8) is 0 Å². The van der Waals surface area contributed by atoms with E-state index < -0.39 is 0 Å². The number of aryl methyl sites for hydroxylation is 1. The molecule has 1 rings (SSSR count). The van der Waals surface area contributed by atoms with Crippen molar-refractivity contribution < 1.29 is 5.11 Å². The van der Waals surface area contributed by atoms with Crippen LogP contribution < -0.4 is 0 Å². The van der Waals surface area contributed by atoms with Crippen molar-refractivity contribution in [3.8, 4) is 0 Å². The normalized spacial score (nSPS) is 9.25. The van der Waals surface area contributed by atoms with E-state index in [0.717, 1.165) is 5.56 Å². The molecule has 1 aromatic rings. The zero-order valence-corrected chi connectivity index (χ0v) is 10.6. The summed E-state index contributed by atoms with van der Waals surface area (Å²) in [4.78, 5) is 1.28. The van der Waals surface area contributed by atoms with Gasteiger partial charge in [0.25, 0.3) is 0 Å². The Morgan fingerprint density at radius 2 is 2.08 bits per heavy atom. The van der Waals surface area contributed by atoms with E-state index in [1.54, 1.807) is 11.8 Å². The van der Waals surface area contributed by atoms with Gasteiger partial charge in [0.2, 0.25) is 0 Å². The van der Waals surface area contributed by atoms with Crippen LogP contribution in [0.2, 0.25) is 0 Å². The number of rotatable bonds is 2. The number of hydrogen-bond acceptors (Lipinski definition) is 2. The molecular formula is C9H12NaOS. The standard InChI is InChI=1S/C9H12OS.Na/c1-7-5-8(6-10)3-4-9(7)11-2;/h3-5,10H,6H2,1-2H3;. The number of aliphatic hydroxyl groups excluding tert-OH is 1. The van der Waals surface area contributed by atoms with Gasteiger partial charge in [0, 0.05) is 34.5 Å². The van der Waals surface area contributed by atoms with Crippen LogP contribution in [0.25, 0.3) is 0 Å². The van der Waals surface area contributed by atoms with Gasteiger partial charge in [0.05, 0.1) is 6.61 Å². The molecule has 0 saturated carbocycles. The van der Waals surface area contributed by atoms with Gasteiger partial charge in [0.1, 0.15) is 0 Å². The largest absolute Gasteiger partial charge is 0.392 e. The van der Waals surface area contributed by atoms with Gasteiger partial charge in [-0.05, 0) is 30.4 Å². The van der Waals surface area contributed by atoms with Crippen LogP contribution in [-0.4, -0.2) is 40.9 Å². The van der Waals surface area contributed by atoms with E-state index in [2.05, 4.69) is 13.2 Å². The number of aliphatic hydroxyl groups is 1. The first-order valence-electron chi connectivity index (χ1n) is 3.52. The van der Waals surface area contributed by atoms with E-state index >= 15 is 0 Å². The third kappa shape index (κ3) is 3.11. The molecule has 0 aliphatic carbocycles. The Labute approximate surface area is 99.9 Å². The fourth-order valence-corrected chi connectivity index (χ4v) is 1.62. The topological polar surface area (TPSA) is 20.2 Å². The minimum atomic E-state index is 0. The summed E-state index contributed by atoms with van der Waals surface area (Å²) >= 11 is 1.73. The van der Waals surface area contributed by atoms with Gasteiger partial charge < -0.3 is 5.11 Å². The van der Waals surface area contributed by atoms with Crippen LogP contribution in [0.15, 0.2) is 23.1 Å². The summed E-state index contributed by atoms with van der Waals surface area (Å²) in [5, 5.41) is 8.82. The Balaban J connectivity index is 0.00000121. The molecule has 0 amide bonds. The zero-order valence-electron chi connectivity index (χ0n) is 7.79. The van der Waals surface area contributed by atoms with Gasteiger partial charge >= 0.3 is 0 Å². The third-order valence-corrected chi connectivity index (χ3v) is 2.54. The second-order valence-corrected chi connectivity index (χ2v) is 3.31. The summed E-state index contributed by atoms with van der Waals surface area (Å²) in [5.41, 5.74) is 2.23. The van der Waals surface area contributed by atoms with Crippen molar-refractivity contribution in [3.05, 3.63) is 29.3 Å². The van der Waals surface area contributed by atoms with Crippen molar-refractivity contribution in [2.24, 2.45) is 0 Å². The molecule has 0 saturated heterocycles. The molecule has 3 heteroatoms. The molecule has 1 nitrogen and oxygen atoms in total. The molecule has 0 atom stereocenters. The van der Waals surface area contributed by atoms with Gasteiger partial charge in [-0.2, -0.15) is 0 Å². The second kappa shape index (κ2) is 6.06. The maximum Gasteiger partial charge on any atom is 0.0681 e. The van der Waals surface area contributed by atoms with Gasteiger partial charge in [-0.25, -0.2) is 0 Å². The first kappa shape index (κ1) is 12.5. The molecule has 0 aliphatic rings. The van der Waals surface area contributed by atoms with Gasteiger partial charge in [-0.15, -0.1) is 11.8 Å². The molecule has 1 aromatic carbocycles. The molecular weight excluding hydrogens is 179 g/mol. The summed E-state index contributed by atoms with van der Waals surface area (Å²) < 4.78 is 0. The quantitative estimate of drug-likeness (QED) is 0.568. The molecule has 1 radical (unpaired) electrons. The monoisotopic (exact) mass is 191 g/mol. The summed E-state index contributed by atoms with van der Waals surface area (Å²) in [7, 11) is 0. The van der Waals surface area contributed by atoms with E-state index in [4.69, 9.17) is 5.11 Å². The minimum Gasteiger partial charge on any atom is -0.392 e. The van der Waals surface area contributed by atoms with Crippen LogP contribution in [0, 0.1) is 6.92 Å². The fourth-order valence-electron chi connectivity index (χ4n) is 1.04. The summed E-state index contributed by atoms with van der Waals surface area (Å²) in [6.45, 7) is 2.19. The minimum absolute atomic E-state index is 0. The van der Waals surface area contributed by atoms with Crippen LogP contribution in [0.3, 0.4) is 0 Å². The molecule has 61 valence electrons. The van der Waals surface area contributed by atoms with Crippen LogP contribution in [0.4, 0.5) is 0 Å². The molecule has 0 unspecified atom stereocenters. The van der Waals surface area contributed by atoms with Crippen LogP contribution in [-0.2, 0) is 6.61 Å². The van der Waals surface area contributed by atoms with Crippen molar-refractivity contribution in [1.29, 1.82) is 0 Å². The maximum absolute atomic E-state index is 8.82. The molecule has 0 aromatic heterocycles. The Bertz CT molecular complexity index is 250. The van der Waals surface area contributed by atoms with E-state index in [9.17, 15) is 0 Å². The van der Waals surface area contributed by atoms with Crippen molar-refractivity contribution in [1.82, 2.24) is 0 Å². The number of benzene rings is 1. The molecule has 12 heavy (non-hydrogen) atoms. The Hall–Kier alpha value is 0.530. The molecule has 0 heterocycles. The SMILES string of the molecule is CSc1ccc(CO)cc1C.[Na]. The summed E-state index contributed by atoms with van der Waals surface area (Å²) in [6.07, 6.45) is 2.06. The van der Waals surface area contributed by atoms with Crippen LogP contribution in [0.1, 0.15) is 11.1 Å². The van der Waals surface area contributed by atoms with E-state index in [-0.39, 0.29) is 36.2 Å². The van der Waals surface area contributed by atoms with Crippen LogP contribution in [0.5, 0.6) is 0 Å². The molecule has 0 fully saturated rings. The Morgan fingerprint density at radius 1 is 1.42 bits per heavy atom. The Kier molecular flexibility index (Phi) is 6.32. The predicted molar refractivity (Wildman–Crippen MR) is 54.6 cm³/mol. The smallest absolute Gasteiger partial charge is 0.0681 e. The van der Waals surface area contributed by atoms with E-state index in [1.165, 1.54) is 10.5 Å². The molecule has 1 N–H and O–H groups in total.